The van der Waals surface area contributed by atoms with Gasteiger partial charge in [0.2, 0.25) is 0 Å². The number of hydrogen-bond acceptors (Lipinski definition) is 1. The second kappa shape index (κ2) is 6.27. The Balaban J connectivity index is 1.74. The topological polar surface area (TPSA) is 41.1 Å². The van der Waals surface area contributed by atoms with Crippen LogP contribution >= 0.6 is 0 Å². The first-order valence-electron chi connectivity index (χ1n) is 7.24. The van der Waals surface area contributed by atoms with Gasteiger partial charge >= 0.3 is 6.03 Å². The molecule has 0 heterocycles. The molecule has 0 aliphatic heterocycles. The van der Waals surface area contributed by atoms with Gasteiger partial charge < -0.3 is 10.6 Å². The van der Waals surface area contributed by atoms with E-state index in [0.717, 1.165) is 29.8 Å². The molecule has 0 bridgehead atoms. The van der Waals surface area contributed by atoms with Gasteiger partial charge in [0, 0.05) is 16.9 Å². The summed E-state index contributed by atoms with van der Waals surface area (Å²) in [6.45, 7) is 0. The van der Waals surface area contributed by atoms with Crippen molar-refractivity contribution >= 4 is 23.0 Å². The summed E-state index contributed by atoms with van der Waals surface area (Å²) in [4.78, 5) is 12.1. The van der Waals surface area contributed by atoms with Crippen LogP contribution in [0, 0.1) is 0 Å². The normalized spacial score (nSPS) is 13.6. The van der Waals surface area contributed by atoms with E-state index < -0.39 is 0 Å². The van der Waals surface area contributed by atoms with E-state index in [9.17, 15) is 4.79 Å². The van der Waals surface area contributed by atoms with Crippen LogP contribution in [0.3, 0.4) is 0 Å². The molecule has 0 unspecified atom stereocenters. The van der Waals surface area contributed by atoms with Gasteiger partial charge in [-0.2, -0.15) is 0 Å². The Morgan fingerprint density at radius 1 is 0.905 bits per heavy atom. The van der Waals surface area contributed by atoms with E-state index in [1.54, 1.807) is 0 Å². The Morgan fingerprint density at radius 3 is 2.43 bits per heavy atom. The van der Waals surface area contributed by atoms with E-state index in [2.05, 4.69) is 22.8 Å². The lowest BCUT2D eigenvalue weighted by atomic mass is 10.0. The Hall–Kier alpha value is -2.55. The van der Waals surface area contributed by atoms with Gasteiger partial charge in [-0.05, 0) is 43.0 Å². The van der Waals surface area contributed by atoms with E-state index in [1.807, 2.05) is 48.5 Å². The number of carbonyl (C=O) groups excluding carboxylic acids is 1. The standard InChI is InChI=1S/C18H18N2O/c21-18(19-15-10-2-1-3-11-15)20-17-13-7-6-12-16(17)14-8-4-5-9-14/h1-3,6-8,10-13H,4-5,9H2,(H2,19,20,21). The molecule has 2 amide bonds. The lowest BCUT2D eigenvalue weighted by molar-refractivity contribution is 0.262. The highest BCUT2D eigenvalue weighted by atomic mass is 16.2. The van der Waals surface area contributed by atoms with Gasteiger partial charge in [-0.25, -0.2) is 4.79 Å². The third-order valence-corrected chi connectivity index (χ3v) is 3.59. The number of amides is 2. The molecule has 0 aromatic heterocycles. The van der Waals surface area contributed by atoms with Crippen LogP contribution in [-0.2, 0) is 0 Å². The maximum Gasteiger partial charge on any atom is 0.323 e. The zero-order chi connectivity index (χ0) is 14.5. The zero-order valence-electron chi connectivity index (χ0n) is 11.8. The number of nitrogens with one attached hydrogen (secondary N) is 2. The Morgan fingerprint density at radius 2 is 1.67 bits per heavy atom. The van der Waals surface area contributed by atoms with Crippen LogP contribution < -0.4 is 10.6 Å². The lowest BCUT2D eigenvalue weighted by Gasteiger charge is -2.12. The number of para-hydroxylation sites is 2. The minimum atomic E-state index is -0.216. The van der Waals surface area contributed by atoms with Crippen molar-refractivity contribution in [2.75, 3.05) is 10.6 Å². The summed E-state index contributed by atoms with van der Waals surface area (Å²) in [6.07, 6.45) is 5.66. The highest BCUT2D eigenvalue weighted by Crippen LogP contribution is 2.32. The van der Waals surface area contributed by atoms with Gasteiger partial charge in [0.25, 0.3) is 0 Å². The van der Waals surface area contributed by atoms with Crippen LogP contribution in [-0.4, -0.2) is 6.03 Å². The minimum absolute atomic E-state index is 0.216. The molecule has 3 heteroatoms. The summed E-state index contributed by atoms with van der Waals surface area (Å²) in [6, 6.07) is 17.2. The molecule has 0 atom stereocenters. The van der Waals surface area contributed by atoms with E-state index >= 15 is 0 Å². The van der Waals surface area contributed by atoms with Crippen molar-refractivity contribution < 1.29 is 4.79 Å². The van der Waals surface area contributed by atoms with Gasteiger partial charge in [0.15, 0.2) is 0 Å². The molecular formula is C18H18N2O. The quantitative estimate of drug-likeness (QED) is 0.824. The number of allylic oxidation sites excluding steroid dienone is 2. The van der Waals surface area contributed by atoms with Crippen molar-refractivity contribution in [1.82, 2.24) is 0 Å². The van der Waals surface area contributed by atoms with Crippen LogP contribution in [0.5, 0.6) is 0 Å². The third kappa shape index (κ3) is 3.31. The fraction of sp³-hybridized carbons (Fsp3) is 0.167. The summed E-state index contributed by atoms with van der Waals surface area (Å²) in [5, 5.41) is 5.78. The predicted octanol–water partition coefficient (Wildman–Crippen LogP) is 4.90. The average Bonchev–Trinajstić information content (AvgIpc) is 3.03. The molecule has 2 aromatic rings. The molecule has 1 aliphatic carbocycles. The van der Waals surface area contributed by atoms with E-state index in [-0.39, 0.29) is 6.03 Å². The van der Waals surface area contributed by atoms with Crippen LogP contribution in [0.1, 0.15) is 24.8 Å². The zero-order valence-corrected chi connectivity index (χ0v) is 11.8. The summed E-state index contributed by atoms with van der Waals surface area (Å²) >= 11 is 0. The van der Waals surface area contributed by atoms with Crippen LogP contribution in [0.2, 0.25) is 0 Å². The number of carbonyl (C=O) groups is 1. The smallest absolute Gasteiger partial charge is 0.308 e. The van der Waals surface area contributed by atoms with Crippen molar-refractivity contribution in [3.8, 4) is 0 Å². The molecule has 1 aliphatic rings. The third-order valence-electron chi connectivity index (χ3n) is 3.59. The molecule has 0 spiro atoms. The van der Waals surface area contributed by atoms with E-state index in [1.165, 1.54) is 12.0 Å². The number of urea groups is 1. The van der Waals surface area contributed by atoms with Crippen molar-refractivity contribution in [2.45, 2.75) is 19.3 Å². The number of benzene rings is 2. The highest BCUT2D eigenvalue weighted by Gasteiger charge is 2.12. The molecule has 3 nitrogen and oxygen atoms in total. The van der Waals surface area contributed by atoms with Crippen molar-refractivity contribution in [2.24, 2.45) is 0 Å². The van der Waals surface area contributed by atoms with Crippen molar-refractivity contribution in [3.63, 3.8) is 0 Å². The maximum atomic E-state index is 12.1. The number of rotatable bonds is 3. The van der Waals surface area contributed by atoms with Crippen LogP contribution in [0.4, 0.5) is 16.2 Å². The summed E-state index contributed by atoms with van der Waals surface area (Å²) < 4.78 is 0. The fourth-order valence-electron chi connectivity index (χ4n) is 2.59. The van der Waals surface area contributed by atoms with Crippen molar-refractivity contribution in [1.29, 1.82) is 0 Å². The van der Waals surface area contributed by atoms with Gasteiger partial charge in [-0.3, -0.25) is 0 Å². The molecule has 0 saturated carbocycles. The second-order valence-electron chi connectivity index (χ2n) is 5.11. The molecule has 106 valence electrons. The second-order valence-corrected chi connectivity index (χ2v) is 5.11. The molecule has 0 radical (unpaired) electrons. The molecule has 2 N–H and O–H groups in total. The summed E-state index contributed by atoms with van der Waals surface area (Å²) in [5.41, 5.74) is 4.09. The van der Waals surface area contributed by atoms with Crippen LogP contribution in [0.15, 0.2) is 60.7 Å². The predicted molar refractivity (Wildman–Crippen MR) is 87.4 cm³/mol. The minimum Gasteiger partial charge on any atom is -0.308 e. The Bertz CT molecular complexity index is 662. The first-order valence-corrected chi connectivity index (χ1v) is 7.24. The summed E-state index contributed by atoms with van der Waals surface area (Å²) in [7, 11) is 0. The van der Waals surface area contributed by atoms with E-state index in [0.29, 0.717) is 0 Å². The fourth-order valence-corrected chi connectivity index (χ4v) is 2.59. The average molecular weight is 278 g/mol. The molecule has 0 saturated heterocycles. The lowest BCUT2D eigenvalue weighted by Crippen LogP contribution is -2.20. The summed E-state index contributed by atoms with van der Waals surface area (Å²) in [5.74, 6) is 0. The Labute approximate surface area is 124 Å². The van der Waals surface area contributed by atoms with Crippen LogP contribution in [0.25, 0.3) is 5.57 Å². The molecule has 2 aromatic carbocycles. The van der Waals surface area contributed by atoms with Gasteiger partial charge in [-0.15, -0.1) is 0 Å². The molecule has 0 fully saturated rings. The molecule has 3 rings (SSSR count). The van der Waals surface area contributed by atoms with Gasteiger partial charge in [0.1, 0.15) is 0 Å². The SMILES string of the molecule is O=C(Nc1ccccc1)Nc1ccccc1C1=CCCC1. The first kappa shape index (κ1) is 13.4. The molecule has 21 heavy (non-hydrogen) atoms. The maximum absolute atomic E-state index is 12.1. The first-order chi connectivity index (χ1) is 10.3. The monoisotopic (exact) mass is 278 g/mol. The highest BCUT2D eigenvalue weighted by molar-refractivity contribution is 6.01. The largest absolute Gasteiger partial charge is 0.323 e. The van der Waals surface area contributed by atoms with E-state index in [4.69, 9.17) is 0 Å². The van der Waals surface area contributed by atoms with Gasteiger partial charge in [-0.1, -0.05) is 42.5 Å². The van der Waals surface area contributed by atoms with Crippen molar-refractivity contribution in [3.05, 3.63) is 66.2 Å². The number of hydrogen-bond donors (Lipinski definition) is 2. The van der Waals surface area contributed by atoms with Gasteiger partial charge in [0.05, 0.1) is 0 Å². The number of anilines is 2. The Kier molecular flexibility index (Phi) is 4.01. The molecular weight excluding hydrogens is 260 g/mol.